The molecule has 3 rings (SSSR count). The van der Waals surface area contributed by atoms with Crippen LogP contribution in [0.4, 0.5) is 0 Å². The lowest BCUT2D eigenvalue weighted by Crippen LogP contribution is -2.34. The average molecular weight is 438 g/mol. The van der Waals surface area contributed by atoms with E-state index >= 15 is 0 Å². The predicted octanol–water partition coefficient (Wildman–Crippen LogP) is 3.94. The van der Waals surface area contributed by atoms with Crippen molar-refractivity contribution in [1.82, 2.24) is 4.31 Å². The number of benzene rings is 2. The van der Waals surface area contributed by atoms with Crippen LogP contribution in [0.25, 0.3) is 5.57 Å². The second-order valence-electron chi connectivity index (χ2n) is 5.85. The van der Waals surface area contributed by atoms with Crippen molar-refractivity contribution in [1.29, 1.82) is 0 Å². The molecule has 0 saturated heterocycles. The van der Waals surface area contributed by atoms with Crippen molar-refractivity contribution in [3.63, 3.8) is 0 Å². The molecule has 2 aromatic rings. The third kappa shape index (κ3) is 3.65. The Bertz CT molecular complexity index is 926. The highest BCUT2D eigenvalue weighted by atomic mass is 79.9. The van der Waals surface area contributed by atoms with Gasteiger partial charge in [0.25, 0.3) is 0 Å². The zero-order valence-corrected chi connectivity index (χ0v) is 17.0. The molecule has 26 heavy (non-hydrogen) atoms. The van der Waals surface area contributed by atoms with Gasteiger partial charge in [0.1, 0.15) is 4.90 Å². The maximum absolute atomic E-state index is 13.1. The molecule has 2 aromatic carbocycles. The largest absolute Gasteiger partial charge is 0.493 e. The van der Waals surface area contributed by atoms with Crippen LogP contribution in [-0.2, 0) is 10.0 Å². The molecule has 5 nitrogen and oxygen atoms in total. The molecule has 1 aliphatic rings. The second kappa shape index (κ2) is 7.82. The van der Waals surface area contributed by atoms with Crippen LogP contribution in [0.3, 0.4) is 0 Å². The van der Waals surface area contributed by atoms with Gasteiger partial charge < -0.3 is 9.47 Å². The van der Waals surface area contributed by atoms with Gasteiger partial charge in [-0.3, -0.25) is 0 Å². The zero-order chi connectivity index (χ0) is 18.7. The van der Waals surface area contributed by atoms with Crippen LogP contribution in [0.2, 0.25) is 0 Å². The number of hydrogen-bond donors (Lipinski definition) is 0. The summed E-state index contributed by atoms with van der Waals surface area (Å²) in [6.45, 7) is 0.775. The standard InChI is InChI=1S/C19H20BrNO4S/c1-24-17-12-16(20)19(13-18(17)25-2)26(22,23)21-10-8-15(9-11-21)14-6-4-3-5-7-14/h3-8,12-13H,9-11H2,1-2H3. The number of ether oxygens (including phenoxy) is 2. The second-order valence-corrected chi connectivity index (χ2v) is 8.61. The van der Waals surface area contributed by atoms with Crippen LogP contribution in [0.15, 0.2) is 57.9 Å². The number of hydrogen-bond acceptors (Lipinski definition) is 4. The predicted molar refractivity (Wildman–Crippen MR) is 105 cm³/mol. The summed E-state index contributed by atoms with van der Waals surface area (Å²) < 4.78 is 38.6. The molecule has 0 N–H and O–H groups in total. The van der Waals surface area contributed by atoms with Gasteiger partial charge in [-0.1, -0.05) is 36.4 Å². The highest BCUT2D eigenvalue weighted by Gasteiger charge is 2.29. The van der Waals surface area contributed by atoms with Gasteiger partial charge in [0.15, 0.2) is 11.5 Å². The van der Waals surface area contributed by atoms with Gasteiger partial charge in [0.2, 0.25) is 10.0 Å². The van der Waals surface area contributed by atoms with E-state index in [9.17, 15) is 8.42 Å². The lowest BCUT2D eigenvalue weighted by molar-refractivity contribution is 0.353. The van der Waals surface area contributed by atoms with Crippen LogP contribution in [0, 0.1) is 0 Å². The highest BCUT2D eigenvalue weighted by Crippen LogP contribution is 2.37. The van der Waals surface area contributed by atoms with Crippen LogP contribution in [-0.4, -0.2) is 40.0 Å². The van der Waals surface area contributed by atoms with Crippen molar-refractivity contribution in [2.75, 3.05) is 27.3 Å². The van der Waals surface area contributed by atoms with E-state index in [0.29, 0.717) is 35.5 Å². The monoisotopic (exact) mass is 437 g/mol. The summed E-state index contributed by atoms with van der Waals surface area (Å²) in [7, 11) is -0.653. The van der Waals surface area contributed by atoms with Crippen molar-refractivity contribution in [2.45, 2.75) is 11.3 Å². The molecule has 0 unspecified atom stereocenters. The Morgan fingerprint density at radius 1 is 1.04 bits per heavy atom. The van der Waals surface area contributed by atoms with Crippen molar-refractivity contribution >= 4 is 31.5 Å². The van der Waals surface area contributed by atoms with Crippen molar-refractivity contribution in [3.05, 3.63) is 58.6 Å². The van der Waals surface area contributed by atoms with Gasteiger partial charge in [0, 0.05) is 23.6 Å². The van der Waals surface area contributed by atoms with E-state index in [1.165, 1.54) is 30.2 Å². The smallest absolute Gasteiger partial charge is 0.244 e. The summed E-state index contributed by atoms with van der Waals surface area (Å²) in [6, 6.07) is 13.1. The number of rotatable bonds is 5. The Labute approximate surface area is 162 Å². The van der Waals surface area contributed by atoms with E-state index in [4.69, 9.17) is 9.47 Å². The normalized spacial score (nSPS) is 15.4. The average Bonchev–Trinajstić information content (AvgIpc) is 2.68. The first kappa shape index (κ1) is 18.9. The first-order valence-corrected chi connectivity index (χ1v) is 10.4. The minimum Gasteiger partial charge on any atom is -0.493 e. The molecule has 0 atom stereocenters. The fourth-order valence-corrected chi connectivity index (χ4v) is 5.33. The minimum absolute atomic E-state index is 0.173. The molecule has 0 aromatic heterocycles. The van der Waals surface area contributed by atoms with Crippen molar-refractivity contribution in [2.24, 2.45) is 0 Å². The Morgan fingerprint density at radius 3 is 2.27 bits per heavy atom. The zero-order valence-electron chi connectivity index (χ0n) is 14.6. The quantitative estimate of drug-likeness (QED) is 0.710. The van der Waals surface area contributed by atoms with E-state index in [-0.39, 0.29) is 4.90 Å². The number of sulfonamides is 1. The summed E-state index contributed by atoms with van der Waals surface area (Å²) >= 11 is 3.35. The van der Waals surface area contributed by atoms with Gasteiger partial charge in [-0.25, -0.2) is 8.42 Å². The molecule has 0 saturated carbocycles. The van der Waals surface area contributed by atoms with Crippen LogP contribution in [0.1, 0.15) is 12.0 Å². The molecule has 0 bridgehead atoms. The highest BCUT2D eigenvalue weighted by molar-refractivity contribution is 9.10. The fourth-order valence-electron chi connectivity index (χ4n) is 2.96. The van der Waals surface area contributed by atoms with Crippen LogP contribution < -0.4 is 9.47 Å². The first-order valence-electron chi connectivity index (χ1n) is 8.13. The summed E-state index contributed by atoms with van der Waals surface area (Å²) in [5, 5.41) is 0. The number of methoxy groups -OCH3 is 2. The van der Waals surface area contributed by atoms with Gasteiger partial charge >= 0.3 is 0 Å². The fraction of sp³-hybridized carbons (Fsp3) is 0.263. The molecule has 0 aliphatic carbocycles. The van der Waals surface area contributed by atoms with E-state index in [0.717, 1.165) is 5.56 Å². The van der Waals surface area contributed by atoms with E-state index in [1.807, 2.05) is 36.4 Å². The van der Waals surface area contributed by atoms with Crippen molar-refractivity contribution in [3.8, 4) is 11.5 Å². The molecule has 0 radical (unpaired) electrons. The van der Waals surface area contributed by atoms with Gasteiger partial charge in [-0.05, 0) is 39.6 Å². The first-order chi connectivity index (χ1) is 12.5. The van der Waals surface area contributed by atoms with E-state index < -0.39 is 10.0 Å². The minimum atomic E-state index is -3.65. The lowest BCUT2D eigenvalue weighted by Gasteiger charge is -2.26. The molecule has 1 aliphatic heterocycles. The van der Waals surface area contributed by atoms with Crippen LogP contribution in [0.5, 0.6) is 11.5 Å². The molecule has 0 fully saturated rings. The van der Waals surface area contributed by atoms with E-state index in [2.05, 4.69) is 15.9 Å². The third-order valence-corrected chi connectivity index (χ3v) is 7.20. The molecular weight excluding hydrogens is 418 g/mol. The van der Waals surface area contributed by atoms with Crippen molar-refractivity contribution < 1.29 is 17.9 Å². The molecule has 138 valence electrons. The van der Waals surface area contributed by atoms with E-state index in [1.54, 1.807) is 6.07 Å². The summed E-state index contributed by atoms with van der Waals surface area (Å²) in [4.78, 5) is 0.173. The third-order valence-electron chi connectivity index (χ3n) is 4.37. The SMILES string of the molecule is COc1cc(Br)c(S(=O)(=O)N2CC=C(c3ccccc3)CC2)cc1OC. The number of halogens is 1. The molecule has 0 spiro atoms. The lowest BCUT2D eigenvalue weighted by atomic mass is 10.0. The van der Waals surface area contributed by atoms with Gasteiger partial charge in [-0.15, -0.1) is 0 Å². The molecule has 1 heterocycles. The number of nitrogens with zero attached hydrogens (tertiary/aromatic N) is 1. The maximum Gasteiger partial charge on any atom is 0.244 e. The summed E-state index contributed by atoms with van der Waals surface area (Å²) in [6.07, 6.45) is 2.65. The topological polar surface area (TPSA) is 55.8 Å². The molecular formula is C19H20BrNO4S. The Kier molecular flexibility index (Phi) is 5.70. The van der Waals surface area contributed by atoms with Crippen LogP contribution >= 0.6 is 15.9 Å². The Morgan fingerprint density at radius 2 is 1.69 bits per heavy atom. The maximum atomic E-state index is 13.1. The molecule has 7 heteroatoms. The summed E-state index contributed by atoms with van der Waals surface area (Å²) in [5.74, 6) is 0.857. The Hall–Kier alpha value is -1.83. The molecule has 0 amide bonds. The van der Waals surface area contributed by atoms with Gasteiger partial charge in [0.05, 0.1) is 14.2 Å². The Balaban J connectivity index is 1.89. The van der Waals surface area contributed by atoms with Gasteiger partial charge in [-0.2, -0.15) is 4.31 Å². The summed E-state index contributed by atoms with van der Waals surface area (Å²) in [5.41, 5.74) is 2.31.